The molecule has 3 aromatic rings. The lowest BCUT2D eigenvalue weighted by Gasteiger charge is -2.29. The summed E-state index contributed by atoms with van der Waals surface area (Å²) in [6, 6.07) is 14.3. The summed E-state index contributed by atoms with van der Waals surface area (Å²) >= 11 is 0. The number of hydrogen-bond donors (Lipinski definition) is 3. The predicted octanol–water partition coefficient (Wildman–Crippen LogP) is 3.93. The number of carbonyl (C=O) groups is 1. The van der Waals surface area contributed by atoms with Gasteiger partial charge in [0, 0.05) is 10.9 Å². The first-order chi connectivity index (χ1) is 14.2. The van der Waals surface area contributed by atoms with Gasteiger partial charge in [0.2, 0.25) is 0 Å². The van der Waals surface area contributed by atoms with Crippen molar-refractivity contribution in [2.75, 3.05) is 6.61 Å². The Morgan fingerprint density at radius 2 is 1.80 bits per heavy atom. The number of rotatable bonds is 6. The van der Waals surface area contributed by atoms with E-state index in [1.165, 1.54) is 12.1 Å². The van der Waals surface area contributed by atoms with Gasteiger partial charge in [-0.15, -0.1) is 0 Å². The van der Waals surface area contributed by atoms with Crippen LogP contribution in [0.15, 0.2) is 54.6 Å². The number of aliphatic hydroxyl groups excluding tert-OH is 2. The zero-order valence-corrected chi connectivity index (χ0v) is 17.4. The Kier molecular flexibility index (Phi) is 6.48. The molecule has 3 rings (SSSR count). The van der Waals surface area contributed by atoms with E-state index in [9.17, 15) is 19.4 Å². The molecule has 158 valence electrons. The fourth-order valence-corrected chi connectivity index (χ4v) is 3.20. The Bertz CT molecular complexity index is 1030. The van der Waals surface area contributed by atoms with Crippen molar-refractivity contribution in [3.8, 4) is 11.3 Å². The Hall–Kier alpha value is -2.83. The number of halogens is 1. The molecule has 30 heavy (non-hydrogen) atoms. The van der Waals surface area contributed by atoms with E-state index >= 15 is 0 Å². The van der Waals surface area contributed by atoms with Crippen LogP contribution in [0.25, 0.3) is 22.2 Å². The van der Waals surface area contributed by atoms with Crippen LogP contribution in [0.1, 0.15) is 37.6 Å². The molecule has 1 heterocycles. The van der Waals surface area contributed by atoms with E-state index in [-0.39, 0.29) is 30.2 Å². The molecule has 0 bridgehead atoms. The molecule has 0 aliphatic carbocycles. The van der Waals surface area contributed by atoms with Crippen molar-refractivity contribution in [2.24, 2.45) is 5.41 Å². The highest BCUT2D eigenvalue weighted by Crippen LogP contribution is 2.26. The van der Waals surface area contributed by atoms with E-state index in [1.807, 2.05) is 45.0 Å². The maximum Gasteiger partial charge on any atom is 0.252 e. The lowest BCUT2D eigenvalue weighted by atomic mass is 9.85. The summed E-state index contributed by atoms with van der Waals surface area (Å²) in [5.74, 6) is -0.710. The standard InChI is InChI=1S/C24H27FN2O3/c1-24(2,3)22(29)12-17(14-28)26-23(30)19-13-21(15-8-10-16(25)11-9-15)27-20-7-5-4-6-18(19)20/h4-11,13,17,22,28-29H,12,14H2,1-3H3,(H,26,30)/t17-,22+/m0/s1. The van der Waals surface area contributed by atoms with Gasteiger partial charge in [0.15, 0.2) is 0 Å². The Labute approximate surface area is 175 Å². The second-order valence-electron chi connectivity index (χ2n) is 8.55. The molecule has 5 nitrogen and oxygen atoms in total. The highest BCUT2D eigenvalue weighted by molar-refractivity contribution is 6.07. The minimum absolute atomic E-state index is 0.236. The lowest BCUT2D eigenvalue weighted by molar-refractivity contribution is 0.0383. The lowest BCUT2D eigenvalue weighted by Crippen LogP contribution is -2.42. The fourth-order valence-electron chi connectivity index (χ4n) is 3.20. The minimum Gasteiger partial charge on any atom is -0.394 e. The monoisotopic (exact) mass is 410 g/mol. The number of benzene rings is 2. The van der Waals surface area contributed by atoms with Gasteiger partial charge in [-0.25, -0.2) is 9.37 Å². The summed E-state index contributed by atoms with van der Waals surface area (Å²) in [7, 11) is 0. The van der Waals surface area contributed by atoms with Crippen molar-refractivity contribution in [3.05, 3.63) is 66.0 Å². The fraction of sp³-hybridized carbons (Fsp3) is 0.333. The van der Waals surface area contributed by atoms with Crippen LogP contribution in [-0.4, -0.2) is 39.9 Å². The topological polar surface area (TPSA) is 82.5 Å². The number of carbonyl (C=O) groups excluding carboxylic acids is 1. The first-order valence-electron chi connectivity index (χ1n) is 9.94. The highest BCUT2D eigenvalue weighted by Gasteiger charge is 2.26. The van der Waals surface area contributed by atoms with Gasteiger partial charge in [-0.1, -0.05) is 39.0 Å². The number of fused-ring (bicyclic) bond motifs is 1. The number of aliphatic hydroxyl groups is 2. The molecule has 0 saturated heterocycles. The Morgan fingerprint density at radius 3 is 2.43 bits per heavy atom. The van der Waals surface area contributed by atoms with Gasteiger partial charge < -0.3 is 15.5 Å². The Morgan fingerprint density at radius 1 is 1.13 bits per heavy atom. The number of hydrogen-bond acceptors (Lipinski definition) is 4. The summed E-state index contributed by atoms with van der Waals surface area (Å²) in [5, 5.41) is 23.6. The second kappa shape index (κ2) is 8.90. The van der Waals surface area contributed by atoms with Crippen LogP contribution in [0, 0.1) is 11.2 Å². The first-order valence-corrected chi connectivity index (χ1v) is 9.94. The third kappa shape index (κ3) is 5.01. The molecule has 1 aromatic heterocycles. The largest absolute Gasteiger partial charge is 0.394 e. The molecule has 0 saturated carbocycles. The van der Waals surface area contributed by atoms with Crippen LogP contribution >= 0.6 is 0 Å². The van der Waals surface area contributed by atoms with Crippen molar-refractivity contribution in [1.82, 2.24) is 10.3 Å². The smallest absolute Gasteiger partial charge is 0.252 e. The second-order valence-corrected chi connectivity index (χ2v) is 8.55. The molecule has 6 heteroatoms. The van der Waals surface area contributed by atoms with Gasteiger partial charge in [0.05, 0.1) is 35.5 Å². The molecule has 3 N–H and O–H groups in total. The number of aromatic nitrogens is 1. The molecule has 0 aliphatic rings. The highest BCUT2D eigenvalue weighted by atomic mass is 19.1. The van der Waals surface area contributed by atoms with Crippen LogP contribution in [0.4, 0.5) is 4.39 Å². The number of pyridine rings is 1. The molecule has 1 amide bonds. The summed E-state index contributed by atoms with van der Waals surface area (Å²) in [6.45, 7) is 5.42. The first kappa shape index (κ1) is 21.9. The van der Waals surface area contributed by atoms with E-state index < -0.39 is 12.1 Å². The zero-order chi connectivity index (χ0) is 21.9. The molecule has 2 aromatic carbocycles. The van der Waals surface area contributed by atoms with E-state index in [0.29, 0.717) is 27.7 Å². The third-order valence-electron chi connectivity index (χ3n) is 5.16. The average molecular weight is 410 g/mol. The van der Waals surface area contributed by atoms with Gasteiger partial charge in [0.1, 0.15) is 5.82 Å². The van der Waals surface area contributed by atoms with Crippen molar-refractivity contribution in [2.45, 2.75) is 39.3 Å². The van der Waals surface area contributed by atoms with Crippen LogP contribution in [0.3, 0.4) is 0 Å². The molecule has 0 aliphatic heterocycles. The number of amides is 1. The van der Waals surface area contributed by atoms with E-state index in [2.05, 4.69) is 10.3 Å². The number of nitrogens with zero attached hydrogens (tertiary/aromatic N) is 1. The normalized spacial score (nSPS) is 13.8. The average Bonchev–Trinajstić information content (AvgIpc) is 2.72. The quantitative estimate of drug-likeness (QED) is 0.575. The third-order valence-corrected chi connectivity index (χ3v) is 5.16. The van der Waals surface area contributed by atoms with E-state index in [4.69, 9.17) is 0 Å². The van der Waals surface area contributed by atoms with Gasteiger partial charge in [-0.3, -0.25) is 4.79 Å². The SMILES string of the molecule is CC(C)(C)[C@H](O)C[C@@H](CO)NC(=O)c1cc(-c2ccc(F)cc2)nc2ccccc12. The van der Waals surface area contributed by atoms with E-state index in [1.54, 1.807) is 18.2 Å². The van der Waals surface area contributed by atoms with Crippen molar-refractivity contribution in [1.29, 1.82) is 0 Å². The van der Waals surface area contributed by atoms with Gasteiger partial charge in [0.25, 0.3) is 5.91 Å². The van der Waals surface area contributed by atoms with Crippen molar-refractivity contribution < 1.29 is 19.4 Å². The van der Waals surface area contributed by atoms with Crippen molar-refractivity contribution in [3.63, 3.8) is 0 Å². The molecule has 0 fully saturated rings. The van der Waals surface area contributed by atoms with Crippen LogP contribution in [-0.2, 0) is 0 Å². The maximum absolute atomic E-state index is 13.3. The van der Waals surface area contributed by atoms with Gasteiger partial charge in [-0.05, 0) is 48.2 Å². The minimum atomic E-state index is -0.682. The predicted molar refractivity (Wildman–Crippen MR) is 116 cm³/mol. The molecular weight excluding hydrogens is 383 g/mol. The summed E-state index contributed by atoms with van der Waals surface area (Å²) in [6.07, 6.45) is -0.446. The molecular formula is C24H27FN2O3. The summed E-state index contributed by atoms with van der Waals surface area (Å²) < 4.78 is 13.3. The summed E-state index contributed by atoms with van der Waals surface area (Å²) in [5.41, 5.74) is 1.92. The molecule has 0 radical (unpaired) electrons. The zero-order valence-electron chi connectivity index (χ0n) is 17.4. The van der Waals surface area contributed by atoms with E-state index in [0.717, 1.165) is 0 Å². The summed E-state index contributed by atoms with van der Waals surface area (Å²) in [4.78, 5) is 17.7. The maximum atomic E-state index is 13.3. The van der Waals surface area contributed by atoms with Gasteiger partial charge >= 0.3 is 0 Å². The molecule has 0 spiro atoms. The van der Waals surface area contributed by atoms with Crippen molar-refractivity contribution >= 4 is 16.8 Å². The van der Waals surface area contributed by atoms with Crippen LogP contribution < -0.4 is 5.32 Å². The number of nitrogens with one attached hydrogen (secondary N) is 1. The molecule has 2 atom stereocenters. The number of para-hydroxylation sites is 1. The Balaban J connectivity index is 1.95. The van der Waals surface area contributed by atoms with Gasteiger partial charge in [-0.2, -0.15) is 0 Å². The molecule has 0 unspecified atom stereocenters. The van der Waals surface area contributed by atoms with Crippen LogP contribution in [0.5, 0.6) is 0 Å². The van der Waals surface area contributed by atoms with Crippen LogP contribution in [0.2, 0.25) is 0 Å².